The largest absolute Gasteiger partial charge is 0.497 e. The molecule has 0 saturated heterocycles. The van der Waals surface area contributed by atoms with Gasteiger partial charge >= 0.3 is 0 Å². The van der Waals surface area contributed by atoms with Crippen molar-refractivity contribution in [3.63, 3.8) is 0 Å². The summed E-state index contributed by atoms with van der Waals surface area (Å²) in [4.78, 5) is 17.1. The third kappa shape index (κ3) is 5.27. The lowest BCUT2D eigenvalue weighted by Crippen LogP contribution is -2.00. The third-order valence-corrected chi connectivity index (χ3v) is 3.66. The van der Waals surface area contributed by atoms with Crippen molar-refractivity contribution in [2.24, 2.45) is 5.16 Å². The van der Waals surface area contributed by atoms with Crippen molar-refractivity contribution in [2.75, 3.05) is 7.11 Å². The number of rotatable bonds is 7. The Bertz CT molecular complexity index is 699. The van der Waals surface area contributed by atoms with Gasteiger partial charge in [0.25, 0.3) is 0 Å². The number of oxime groups is 1. The molecule has 4 nitrogen and oxygen atoms in total. The number of nitrogens with zero attached hydrogens (tertiary/aromatic N) is 1. The van der Waals surface area contributed by atoms with E-state index in [4.69, 9.17) is 32.8 Å². The molecule has 2 aromatic carbocycles. The summed E-state index contributed by atoms with van der Waals surface area (Å²) in [5.74, 6) is 0.655. The maximum absolute atomic E-state index is 11.9. The first-order valence-electron chi connectivity index (χ1n) is 6.85. The summed E-state index contributed by atoms with van der Waals surface area (Å²) < 4.78 is 5.04. The molecular weight excluding hydrogens is 337 g/mol. The van der Waals surface area contributed by atoms with E-state index in [-0.39, 0.29) is 18.8 Å². The van der Waals surface area contributed by atoms with Gasteiger partial charge in [0.15, 0.2) is 5.78 Å². The standard InChI is InChI=1S/C17H15Cl2NO3/c1-22-15-6-3-12(4-7-15)17(21)8-9-20-23-11-13-2-5-14(18)10-16(13)19/h2-7,9-10H,8,11H2,1H3/b20-9-. The van der Waals surface area contributed by atoms with E-state index < -0.39 is 0 Å². The van der Waals surface area contributed by atoms with E-state index in [2.05, 4.69) is 5.16 Å². The van der Waals surface area contributed by atoms with Crippen molar-refractivity contribution in [2.45, 2.75) is 13.0 Å². The van der Waals surface area contributed by atoms with E-state index in [1.54, 1.807) is 49.6 Å². The average molecular weight is 352 g/mol. The van der Waals surface area contributed by atoms with Crippen LogP contribution in [0.5, 0.6) is 5.75 Å². The van der Waals surface area contributed by atoms with Gasteiger partial charge in [0.2, 0.25) is 0 Å². The second kappa shape index (κ2) is 8.56. The molecule has 0 atom stereocenters. The van der Waals surface area contributed by atoms with Gasteiger partial charge < -0.3 is 9.57 Å². The minimum absolute atomic E-state index is 0.0514. The van der Waals surface area contributed by atoms with Gasteiger partial charge in [0, 0.05) is 27.6 Å². The second-order valence-corrected chi connectivity index (χ2v) is 5.50. The molecule has 0 aliphatic rings. The number of halogens is 2. The summed E-state index contributed by atoms with van der Waals surface area (Å²) in [6.07, 6.45) is 1.58. The number of methoxy groups -OCH3 is 1. The number of hydrogen-bond acceptors (Lipinski definition) is 4. The predicted molar refractivity (Wildman–Crippen MR) is 91.7 cm³/mol. The SMILES string of the molecule is COc1ccc(C(=O)C/C=N\OCc2ccc(Cl)cc2Cl)cc1. The van der Waals surface area contributed by atoms with Crippen LogP contribution in [-0.4, -0.2) is 19.1 Å². The average Bonchev–Trinajstić information content (AvgIpc) is 2.56. The van der Waals surface area contributed by atoms with Gasteiger partial charge in [-0.05, 0) is 36.4 Å². The summed E-state index contributed by atoms with van der Waals surface area (Å²) in [5, 5.41) is 4.85. The first-order chi connectivity index (χ1) is 11.1. The van der Waals surface area contributed by atoms with Gasteiger partial charge in [-0.15, -0.1) is 0 Å². The number of carbonyl (C=O) groups is 1. The van der Waals surface area contributed by atoms with Crippen molar-refractivity contribution < 1.29 is 14.4 Å². The monoisotopic (exact) mass is 351 g/mol. The zero-order chi connectivity index (χ0) is 16.7. The Morgan fingerprint density at radius 1 is 1.17 bits per heavy atom. The molecule has 23 heavy (non-hydrogen) atoms. The molecule has 0 fully saturated rings. The molecule has 120 valence electrons. The summed E-state index contributed by atoms with van der Waals surface area (Å²) in [5.41, 5.74) is 1.37. The molecule has 0 heterocycles. The predicted octanol–water partition coefficient (Wildman–Crippen LogP) is 4.78. The molecule has 0 aliphatic heterocycles. The molecule has 0 amide bonds. The van der Waals surface area contributed by atoms with Crippen LogP contribution in [0.25, 0.3) is 0 Å². The van der Waals surface area contributed by atoms with Gasteiger partial charge in [0.1, 0.15) is 12.4 Å². The van der Waals surface area contributed by atoms with Crippen molar-refractivity contribution in [3.8, 4) is 5.75 Å². The highest BCUT2D eigenvalue weighted by atomic mass is 35.5. The van der Waals surface area contributed by atoms with E-state index in [1.165, 1.54) is 6.21 Å². The summed E-state index contributed by atoms with van der Waals surface area (Å²) in [6, 6.07) is 12.0. The number of Topliss-reactive ketones (excluding diaryl/α,β-unsaturated/α-hetero) is 1. The van der Waals surface area contributed by atoms with Crippen LogP contribution in [0.15, 0.2) is 47.6 Å². The highest BCUT2D eigenvalue weighted by molar-refractivity contribution is 6.35. The lowest BCUT2D eigenvalue weighted by Gasteiger charge is -2.03. The maximum atomic E-state index is 11.9. The molecule has 0 saturated carbocycles. The molecule has 0 bridgehead atoms. The van der Waals surface area contributed by atoms with E-state index in [9.17, 15) is 4.79 Å². The molecule has 0 radical (unpaired) electrons. The highest BCUT2D eigenvalue weighted by Crippen LogP contribution is 2.21. The second-order valence-electron chi connectivity index (χ2n) is 4.65. The van der Waals surface area contributed by atoms with Gasteiger partial charge in [-0.2, -0.15) is 0 Å². The Morgan fingerprint density at radius 2 is 1.91 bits per heavy atom. The topological polar surface area (TPSA) is 47.9 Å². The molecule has 0 N–H and O–H groups in total. The minimum Gasteiger partial charge on any atom is -0.497 e. The summed E-state index contributed by atoms with van der Waals surface area (Å²) >= 11 is 11.8. The van der Waals surface area contributed by atoms with E-state index >= 15 is 0 Å². The fourth-order valence-corrected chi connectivity index (χ4v) is 2.28. The first kappa shape index (κ1) is 17.3. The van der Waals surface area contributed by atoms with Crippen LogP contribution < -0.4 is 4.74 Å². The van der Waals surface area contributed by atoms with Crippen molar-refractivity contribution in [1.29, 1.82) is 0 Å². The lowest BCUT2D eigenvalue weighted by molar-refractivity contribution is 0.0996. The smallest absolute Gasteiger partial charge is 0.168 e. The van der Waals surface area contributed by atoms with Crippen molar-refractivity contribution in [1.82, 2.24) is 0 Å². The van der Waals surface area contributed by atoms with Crippen molar-refractivity contribution in [3.05, 3.63) is 63.6 Å². The molecule has 0 aromatic heterocycles. The van der Waals surface area contributed by atoms with Gasteiger partial charge in [-0.25, -0.2) is 0 Å². The third-order valence-electron chi connectivity index (χ3n) is 3.07. The van der Waals surface area contributed by atoms with Crippen LogP contribution in [0.3, 0.4) is 0 Å². The Hall–Kier alpha value is -2.04. The molecule has 2 aromatic rings. The van der Waals surface area contributed by atoms with Crippen LogP contribution in [0.4, 0.5) is 0 Å². The minimum atomic E-state index is -0.0514. The fourth-order valence-electron chi connectivity index (χ4n) is 1.81. The van der Waals surface area contributed by atoms with Crippen LogP contribution in [0, 0.1) is 0 Å². The first-order valence-corrected chi connectivity index (χ1v) is 7.60. The lowest BCUT2D eigenvalue weighted by atomic mass is 10.1. The molecule has 2 rings (SSSR count). The quantitative estimate of drug-likeness (QED) is 0.409. The molecule has 0 aliphatic carbocycles. The highest BCUT2D eigenvalue weighted by Gasteiger charge is 2.04. The summed E-state index contributed by atoms with van der Waals surface area (Å²) in [6.45, 7) is 0.212. The van der Waals surface area contributed by atoms with Crippen LogP contribution in [0.1, 0.15) is 22.3 Å². The van der Waals surface area contributed by atoms with Crippen molar-refractivity contribution >= 4 is 35.2 Å². The number of ether oxygens (including phenoxy) is 1. The fraction of sp³-hybridized carbons (Fsp3) is 0.176. The molecule has 0 unspecified atom stereocenters. The zero-order valence-corrected chi connectivity index (χ0v) is 14.0. The summed E-state index contributed by atoms with van der Waals surface area (Å²) in [7, 11) is 1.58. The molecule has 0 spiro atoms. The Kier molecular flexibility index (Phi) is 6.44. The van der Waals surface area contributed by atoms with E-state index in [1.807, 2.05) is 0 Å². The van der Waals surface area contributed by atoms with E-state index in [0.29, 0.717) is 21.4 Å². The Morgan fingerprint density at radius 3 is 2.57 bits per heavy atom. The number of benzene rings is 2. The van der Waals surface area contributed by atoms with Gasteiger partial charge in [-0.3, -0.25) is 4.79 Å². The number of carbonyl (C=O) groups excluding carboxylic acids is 1. The van der Waals surface area contributed by atoms with Gasteiger partial charge in [-0.1, -0.05) is 34.4 Å². The van der Waals surface area contributed by atoms with Gasteiger partial charge in [0.05, 0.1) is 13.3 Å². The normalized spacial score (nSPS) is 10.7. The van der Waals surface area contributed by atoms with Crippen LogP contribution >= 0.6 is 23.2 Å². The molecule has 6 heteroatoms. The Balaban J connectivity index is 1.80. The van der Waals surface area contributed by atoms with Crippen LogP contribution in [0.2, 0.25) is 10.0 Å². The maximum Gasteiger partial charge on any atom is 0.168 e. The molecular formula is C17H15Cl2NO3. The number of hydrogen-bond donors (Lipinski definition) is 0. The van der Waals surface area contributed by atoms with Crippen LogP contribution in [-0.2, 0) is 11.4 Å². The number of ketones is 1. The Labute approximate surface area is 144 Å². The van der Waals surface area contributed by atoms with E-state index in [0.717, 1.165) is 5.56 Å². The zero-order valence-electron chi connectivity index (χ0n) is 12.5.